The average Bonchev–Trinajstić information content (AvgIpc) is 2.99. The van der Waals surface area contributed by atoms with Crippen LogP contribution in [0.25, 0.3) is 0 Å². The van der Waals surface area contributed by atoms with E-state index in [0.29, 0.717) is 12.8 Å². The van der Waals surface area contributed by atoms with Gasteiger partial charge in [0.2, 0.25) is 15.9 Å². The van der Waals surface area contributed by atoms with Gasteiger partial charge in [-0.15, -0.1) is 0 Å². The van der Waals surface area contributed by atoms with Crippen LogP contribution in [0, 0.1) is 0 Å². The maximum absolute atomic E-state index is 13.3. The van der Waals surface area contributed by atoms with Gasteiger partial charge in [0.1, 0.15) is 17.0 Å². The Balaban J connectivity index is 1.49. The van der Waals surface area contributed by atoms with E-state index < -0.39 is 40.0 Å². The molecule has 2 aliphatic carbocycles. The molecule has 2 N–H and O–H groups in total. The lowest BCUT2D eigenvalue weighted by Crippen LogP contribution is -2.52. The Morgan fingerprint density at radius 3 is 2.45 bits per heavy atom. The Kier molecular flexibility index (Phi) is 5.78. The van der Waals surface area contributed by atoms with E-state index >= 15 is 0 Å². The lowest BCUT2D eigenvalue weighted by molar-refractivity contribution is -0.136. The van der Waals surface area contributed by atoms with Gasteiger partial charge in [-0.05, 0) is 44.2 Å². The third-order valence-corrected chi connectivity index (χ3v) is 8.63. The monoisotopic (exact) mass is 448 g/mol. The lowest BCUT2D eigenvalue weighted by Gasteiger charge is -2.34. The third-order valence-electron chi connectivity index (χ3n) is 6.66. The summed E-state index contributed by atoms with van der Waals surface area (Å²) < 4.78 is 27.9. The number of imide groups is 1. The highest BCUT2D eigenvalue weighted by molar-refractivity contribution is 7.89. The van der Waals surface area contributed by atoms with Crippen LogP contribution in [0.1, 0.15) is 51.4 Å². The summed E-state index contributed by atoms with van der Waals surface area (Å²) in [7, 11) is -2.24. The smallest absolute Gasteiger partial charge is 0.323 e. The van der Waals surface area contributed by atoms with E-state index in [1.807, 2.05) is 0 Å². The second-order valence-electron chi connectivity index (χ2n) is 8.61. The van der Waals surface area contributed by atoms with Gasteiger partial charge in [-0.3, -0.25) is 14.5 Å². The summed E-state index contributed by atoms with van der Waals surface area (Å²) in [4.78, 5) is 38.3. The van der Waals surface area contributed by atoms with Crippen molar-refractivity contribution in [2.75, 3.05) is 18.9 Å². The van der Waals surface area contributed by atoms with Gasteiger partial charge in [-0.25, -0.2) is 13.2 Å². The van der Waals surface area contributed by atoms with Gasteiger partial charge in [-0.2, -0.15) is 4.31 Å². The molecular weight excluding hydrogens is 420 g/mol. The molecule has 1 saturated heterocycles. The van der Waals surface area contributed by atoms with Crippen LogP contribution in [0.3, 0.4) is 0 Å². The molecule has 2 saturated carbocycles. The van der Waals surface area contributed by atoms with Gasteiger partial charge in [0.05, 0.1) is 5.69 Å². The number of rotatable bonds is 6. The van der Waals surface area contributed by atoms with Crippen LogP contribution in [0.15, 0.2) is 29.2 Å². The summed E-state index contributed by atoms with van der Waals surface area (Å²) >= 11 is 0. The number of hydrogen-bond acceptors (Lipinski definition) is 5. The maximum atomic E-state index is 13.3. The van der Waals surface area contributed by atoms with Gasteiger partial charge < -0.3 is 10.6 Å². The summed E-state index contributed by atoms with van der Waals surface area (Å²) in [6.07, 6.45) is 6.74. The summed E-state index contributed by atoms with van der Waals surface area (Å²) in [5.41, 5.74) is -0.720. The molecule has 4 amide bonds. The second kappa shape index (κ2) is 8.23. The number of carbonyl (C=O) groups excluding carboxylic acids is 3. The quantitative estimate of drug-likeness (QED) is 0.646. The van der Waals surface area contributed by atoms with E-state index in [0.717, 1.165) is 43.4 Å². The number of sulfonamides is 1. The van der Waals surface area contributed by atoms with Crippen molar-refractivity contribution in [2.24, 2.45) is 0 Å². The number of anilines is 1. The predicted molar refractivity (Wildman–Crippen MR) is 114 cm³/mol. The highest BCUT2D eigenvalue weighted by Gasteiger charge is 2.55. The normalized spacial score (nSPS) is 21.3. The van der Waals surface area contributed by atoms with Crippen molar-refractivity contribution in [3.8, 4) is 0 Å². The molecule has 1 heterocycles. The molecule has 31 heavy (non-hydrogen) atoms. The molecule has 10 heteroatoms. The number of nitrogens with zero attached hydrogens (tertiary/aromatic N) is 2. The molecule has 1 aromatic carbocycles. The number of urea groups is 1. The number of carbonyl (C=O) groups is 3. The predicted octanol–water partition coefficient (Wildman–Crippen LogP) is 2.05. The van der Waals surface area contributed by atoms with Gasteiger partial charge in [0.25, 0.3) is 5.91 Å². The number of nitrogens with one attached hydrogen (secondary N) is 2. The van der Waals surface area contributed by atoms with Crippen LogP contribution in [-0.2, 0) is 19.6 Å². The Bertz CT molecular complexity index is 999. The van der Waals surface area contributed by atoms with Crippen LogP contribution in [0.4, 0.5) is 10.5 Å². The molecular formula is C21H28N4O5S. The average molecular weight is 449 g/mol. The molecule has 1 spiro atoms. The van der Waals surface area contributed by atoms with Crippen molar-refractivity contribution < 1.29 is 22.8 Å². The fourth-order valence-electron chi connectivity index (χ4n) is 4.61. The summed E-state index contributed by atoms with van der Waals surface area (Å²) in [6, 6.07) is 5.56. The minimum absolute atomic E-state index is 0.00378. The Hall–Kier alpha value is -2.46. The molecule has 3 fully saturated rings. The summed E-state index contributed by atoms with van der Waals surface area (Å²) in [5.74, 6) is -1.01. The first-order valence-corrected chi connectivity index (χ1v) is 12.2. The second-order valence-corrected chi connectivity index (χ2v) is 10.6. The first-order valence-electron chi connectivity index (χ1n) is 10.8. The molecule has 0 radical (unpaired) electrons. The Morgan fingerprint density at radius 2 is 1.84 bits per heavy atom. The van der Waals surface area contributed by atoms with Gasteiger partial charge in [0, 0.05) is 13.1 Å². The Morgan fingerprint density at radius 1 is 1.16 bits per heavy atom. The summed E-state index contributed by atoms with van der Waals surface area (Å²) in [5, 5.41) is 5.26. The van der Waals surface area contributed by atoms with E-state index in [4.69, 9.17) is 0 Å². The molecule has 4 rings (SSSR count). The van der Waals surface area contributed by atoms with Crippen LogP contribution < -0.4 is 10.6 Å². The highest BCUT2D eigenvalue weighted by atomic mass is 32.2. The number of para-hydroxylation sites is 1. The molecule has 0 atom stereocenters. The van der Waals surface area contributed by atoms with Gasteiger partial charge in [0.15, 0.2) is 0 Å². The third kappa shape index (κ3) is 3.94. The molecule has 1 aromatic rings. The fourth-order valence-corrected chi connectivity index (χ4v) is 6.17. The molecule has 3 aliphatic rings. The molecule has 0 unspecified atom stereocenters. The fraction of sp³-hybridized carbons (Fsp3) is 0.571. The van der Waals surface area contributed by atoms with Crippen molar-refractivity contribution in [1.82, 2.24) is 14.5 Å². The van der Waals surface area contributed by atoms with Gasteiger partial charge >= 0.3 is 6.03 Å². The van der Waals surface area contributed by atoms with Crippen molar-refractivity contribution in [3.05, 3.63) is 24.3 Å². The van der Waals surface area contributed by atoms with E-state index in [9.17, 15) is 22.8 Å². The number of benzene rings is 1. The Labute approximate surface area is 182 Å². The van der Waals surface area contributed by atoms with E-state index in [1.165, 1.54) is 16.4 Å². The minimum atomic E-state index is -3.82. The van der Waals surface area contributed by atoms with E-state index in [2.05, 4.69) is 10.6 Å². The maximum Gasteiger partial charge on any atom is 0.325 e. The minimum Gasteiger partial charge on any atom is -0.323 e. The summed E-state index contributed by atoms with van der Waals surface area (Å²) in [6.45, 7) is -0.459. The zero-order valence-electron chi connectivity index (χ0n) is 17.6. The van der Waals surface area contributed by atoms with E-state index in [1.54, 1.807) is 19.2 Å². The lowest BCUT2D eigenvalue weighted by atomic mass is 9.77. The molecule has 1 aliphatic heterocycles. The molecule has 9 nitrogen and oxygen atoms in total. The van der Waals surface area contributed by atoms with Crippen LogP contribution in [0.2, 0.25) is 0 Å². The topological polar surface area (TPSA) is 116 Å². The molecule has 168 valence electrons. The van der Waals surface area contributed by atoms with Crippen LogP contribution >= 0.6 is 0 Å². The van der Waals surface area contributed by atoms with E-state index in [-0.39, 0.29) is 16.6 Å². The zero-order valence-corrected chi connectivity index (χ0v) is 18.4. The van der Waals surface area contributed by atoms with Crippen molar-refractivity contribution in [2.45, 2.75) is 67.8 Å². The van der Waals surface area contributed by atoms with Crippen LogP contribution in [-0.4, -0.2) is 60.6 Å². The van der Waals surface area contributed by atoms with Crippen LogP contribution in [0.5, 0.6) is 0 Å². The molecule has 0 aromatic heterocycles. The van der Waals surface area contributed by atoms with Crippen molar-refractivity contribution >= 4 is 33.6 Å². The first kappa shape index (κ1) is 21.8. The van der Waals surface area contributed by atoms with Crippen molar-refractivity contribution in [3.63, 3.8) is 0 Å². The first-order chi connectivity index (χ1) is 14.7. The number of amides is 4. The molecule has 0 bridgehead atoms. The number of hydrogen-bond donors (Lipinski definition) is 2. The van der Waals surface area contributed by atoms with Crippen molar-refractivity contribution in [1.29, 1.82) is 0 Å². The largest absolute Gasteiger partial charge is 0.325 e. The van der Waals surface area contributed by atoms with Gasteiger partial charge in [-0.1, -0.05) is 31.4 Å². The SMILES string of the molecule is CN(C1CCCCC1)S(=O)(=O)c1ccccc1NC(=O)CN1C(=O)NC2(CCC2)C1=O. The zero-order chi connectivity index (χ0) is 22.2. The highest BCUT2D eigenvalue weighted by Crippen LogP contribution is 2.37. The standard InChI is InChI=1S/C21H28N4O5S/c1-24(15-8-3-2-4-9-15)31(29,30)17-11-6-5-10-16(17)22-18(26)14-25-19(27)21(12-7-13-21)23-20(25)28/h5-6,10-11,15H,2-4,7-9,12-14H2,1H3,(H,22,26)(H,23,28).